The minimum atomic E-state index is -0.384. The Morgan fingerprint density at radius 2 is 1.87 bits per heavy atom. The number of halogens is 1. The number of hydrogen-bond donors (Lipinski definition) is 2. The van der Waals surface area contributed by atoms with Crippen molar-refractivity contribution < 1.29 is 9.53 Å². The lowest BCUT2D eigenvalue weighted by atomic mass is 9.78. The highest BCUT2D eigenvalue weighted by Crippen LogP contribution is 2.30. The van der Waals surface area contributed by atoms with Crippen molar-refractivity contribution in [1.82, 2.24) is 10.6 Å². The molecule has 1 aromatic rings. The van der Waals surface area contributed by atoms with E-state index in [9.17, 15) is 4.79 Å². The predicted molar refractivity (Wildman–Crippen MR) is 96.1 cm³/mol. The fourth-order valence-corrected chi connectivity index (χ4v) is 3.15. The summed E-state index contributed by atoms with van der Waals surface area (Å²) < 4.78 is 5.34. The molecule has 130 valence electrons. The molecule has 0 saturated carbocycles. The zero-order valence-corrected chi connectivity index (χ0v) is 15.1. The van der Waals surface area contributed by atoms with Crippen molar-refractivity contribution in [2.75, 3.05) is 26.8 Å². The van der Waals surface area contributed by atoms with Crippen LogP contribution in [-0.2, 0) is 9.53 Å². The van der Waals surface area contributed by atoms with Gasteiger partial charge in [-0.25, -0.2) is 0 Å². The largest absolute Gasteiger partial charge is 0.384 e. The molecule has 1 fully saturated rings. The third kappa shape index (κ3) is 4.93. The molecule has 5 heteroatoms. The summed E-state index contributed by atoms with van der Waals surface area (Å²) >= 11 is 0. The first kappa shape index (κ1) is 19.9. The SMILES string of the molecule is COCC1(C(=O)NC(C)C(C)c2ccccc2)CCNCC1.Cl. The van der Waals surface area contributed by atoms with Crippen LogP contribution in [-0.4, -0.2) is 38.8 Å². The van der Waals surface area contributed by atoms with Crippen LogP contribution in [0.15, 0.2) is 30.3 Å². The van der Waals surface area contributed by atoms with Gasteiger partial charge in [-0.3, -0.25) is 4.79 Å². The van der Waals surface area contributed by atoms with Crippen LogP contribution in [0.25, 0.3) is 0 Å². The first-order valence-electron chi connectivity index (χ1n) is 8.14. The number of ether oxygens (including phenoxy) is 1. The molecule has 1 aromatic carbocycles. The summed E-state index contributed by atoms with van der Waals surface area (Å²) in [5, 5.41) is 6.55. The van der Waals surface area contributed by atoms with Crippen LogP contribution in [0.2, 0.25) is 0 Å². The van der Waals surface area contributed by atoms with E-state index in [0.717, 1.165) is 25.9 Å². The molecule has 0 bridgehead atoms. The number of rotatable bonds is 6. The molecule has 1 saturated heterocycles. The molecule has 1 amide bonds. The Morgan fingerprint density at radius 1 is 1.26 bits per heavy atom. The average Bonchev–Trinajstić information content (AvgIpc) is 2.56. The van der Waals surface area contributed by atoms with Gasteiger partial charge in [-0.05, 0) is 38.4 Å². The number of amides is 1. The van der Waals surface area contributed by atoms with Crippen molar-refractivity contribution >= 4 is 18.3 Å². The Morgan fingerprint density at radius 3 is 2.43 bits per heavy atom. The van der Waals surface area contributed by atoms with Crippen LogP contribution >= 0.6 is 12.4 Å². The Kier molecular flexibility index (Phi) is 8.03. The Balaban J connectivity index is 0.00000264. The van der Waals surface area contributed by atoms with E-state index >= 15 is 0 Å². The van der Waals surface area contributed by atoms with Crippen LogP contribution in [0.3, 0.4) is 0 Å². The van der Waals surface area contributed by atoms with Gasteiger partial charge in [-0.2, -0.15) is 0 Å². The number of carbonyl (C=O) groups excluding carboxylic acids is 1. The molecule has 0 radical (unpaired) electrons. The molecule has 2 N–H and O–H groups in total. The molecule has 1 aliphatic heterocycles. The maximum atomic E-state index is 12.8. The summed E-state index contributed by atoms with van der Waals surface area (Å²) in [5.41, 5.74) is 0.867. The molecule has 23 heavy (non-hydrogen) atoms. The molecule has 1 aliphatic rings. The second-order valence-electron chi connectivity index (χ2n) is 6.42. The molecular weight excluding hydrogens is 312 g/mol. The number of piperidine rings is 1. The standard InChI is InChI=1S/C18H28N2O2.ClH/c1-14(16-7-5-4-6-8-16)15(2)20-17(21)18(13-22-3)9-11-19-12-10-18;/h4-8,14-15,19H,9-13H2,1-3H3,(H,20,21);1H. The lowest BCUT2D eigenvalue weighted by molar-refractivity contribution is -0.137. The summed E-state index contributed by atoms with van der Waals surface area (Å²) in [6.45, 7) is 6.48. The van der Waals surface area contributed by atoms with Crippen LogP contribution in [0.1, 0.15) is 38.2 Å². The number of nitrogens with one attached hydrogen (secondary N) is 2. The zero-order valence-electron chi connectivity index (χ0n) is 14.3. The van der Waals surface area contributed by atoms with E-state index in [4.69, 9.17) is 4.74 Å². The van der Waals surface area contributed by atoms with E-state index in [0.29, 0.717) is 6.61 Å². The second-order valence-corrected chi connectivity index (χ2v) is 6.42. The summed E-state index contributed by atoms with van der Waals surface area (Å²) in [6, 6.07) is 10.4. The highest BCUT2D eigenvalue weighted by atomic mass is 35.5. The number of hydrogen-bond acceptors (Lipinski definition) is 3. The Labute approximate surface area is 145 Å². The first-order chi connectivity index (χ1) is 10.6. The molecule has 0 spiro atoms. The summed E-state index contributed by atoms with van der Waals surface area (Å²) in [4.78, 5) is 12.8. The number of methoxy groups -OCH3 is 1. The smallest absolute Gasteiger partial charge is 0.228 e. The maximum absolute atomic E-state index is 12.8. The third-order valence-electron chi connectivity index (χ3n) is 4.90. The maximum Gasteiger partial charge on any atom is 0.228 e. The summed E-state index contributed by atoms with van der Waals surface area (Å²) in [5.74, 6) is 0.414. The van der Waals surface area contributed by atoms with Crippen LogP contribution in [0, 0.1) is 5.41 Å². The fourth-order valence-electron chi connectivity index (χ4n) is 3.15. The van der Waals surface area contributed by atoms with Crippen molar-refractivity contribution in [3.63, 3.8) is 0 Å². The van der Waals surface area contributed by atoms with E-state index in [1.54, 1.807) is 7.11 Å². The van der Waals surface area contributed by atoms with Gasteiger partial charge in [0.05, 0.1) is 12.0 Å². The van der Waals surface area contributed by atoms with Gasteiger partial charge >= 0.3 is 0 Å². The summed E-state index contributed by atoms with van der Waals surface area (Å²) in [7, 11) is 1.67. The molecule has 1 heterocycles. The van der Waals surface area contributed by atoms with Gasteiger partial charge in [-0.15, -0.1) is 12.4 Å². The van der Waals surface area contributed by atoms with Crippen molar-refractivity contribution in [3.05, 3.63) is 35.9 Å². The van der Waals surface area contributed by atoms with Gasteiger partial charge in [0, 0.05) is 19.1 Å². The normalized spacial score (nSPS) is 19.3. The van der Waals surface area contributed by atoms with Crippen LogP contribution < -0.4 is 10.6 Å². The quantitative estimate of drug-likeness (QED) is 0.837. The number of carbonyl (C=O) groups is 1. The Hall–Kier alpha value is -1.10. The molecule has 2 rings (SSSR count). The van der Waals surface area contributed by atoms with Gasteiger partial charge in [0.25, 0.3) is 0 Å². The van der Waals surface area contributed by atoms with E-state index in [1.165, 1.54) is 5.56 Å². The monoisotopic (exact) mass is 340 g/mol. The second kappa shape index (κ2) is 9.26. The molecule has 2 atom stereocenters. The minimum absolute atomic E-state index is 0. The highest BCUT2D eigenvalue weighted by molar-refractivity contribution is 5.85. The molecule has 4 nitrogen and oxygen atoms in total. The van der Waals surface area contributed by atoms with Gasteiger partial charge in [0.1, 0.15) is 0 Å². The average molecular weight is 341 g/mol. The van der Waals surface area contributed by atoms with Crippen molar-refractivity contribution in [2.45, 2.75) is 38.6 Å². The molecule has 0 aliphatic carbocycles. The van der Waals surface area contributed by atoms with Crippen molar-refractivity contribution in [1.29, 1.82) is 0 Å². The lowest BCUT2D eigenvalue weighted by Crippen LogP contribution is -2.52. The third-order valence-corrected chi connectivity index (χ3v) is 4.90. The van der Waals surface area contributed by atoms with Gasteiger partial charge in [-0.1, -0.05) is 37.3 Å². The van der Waals surface area contributed by atoms with E-state index in [2.05, 4.69) is 36.6 Å². The minimum Gasteiger partial charge on any atom is -0.384 e. The van der Waals surface area contributed by atoms with E-state index < -0.39 is 0 Å². The Bertz CT molecular complexity index is 470. The van der Waals surface area contributed by atoms with Gasteiger partial charge in [0.2, 0.25) is 5.91 Å². The van der Waals surface area contributed by atoms with Gasteiger partial charge in [0.15, 0.2) is 0 Å². The van der Waals surface area contributed by atoms with E-state index in [1.807, 2.05) is 18.2 Å². The lowest BCUT2D eigenvalue weighted by Gasteiger charge is -2.37. The first-order valence-corrected chi connectivity index (χ1v) is 8.14. The van der Waals surface area contributed by atoms with Crippen molar-refractivity contribution in [3.8, 4) is 0 Å². The number of benzene rings is 1. The fraction of sp³-hybridized carbons (Fsp3) is 0.611. The highest BCUT2D eigenvalue weighted by Gasteiger charge is 2.40. The molecule has 0 aromatic heterocycles. The van der Waals surface area contributed by atoms with Crippen LogP contribution in [0.4, 0.5) is 0 Å². The molecular formula is C18H29ClN2O2. The zero-order chi connectivity index (χ0) is 16.0. The van der Waals surface area contributed by atoms with Crippen LogP contribution in [0.5, 0.6) is 0 Å². The predicted octanol–water partition coefficient (Wildman–Crippen LogP) is 2.73. The summed E-state index contributed by atoms with van der Waals surface area (Å²) in [6.07, 6.45) is 1.66. The topological polar surface area (TPSA) is 50.4 Å². The van der Waals surface area contributed by atoms with E-state index in [-0.39, 0.29) is 35.7 Å². The molecule has 2 unspecified atom stereocenters. The van der Waals surface area contributed by atoms with Crippen molar-refractivity contribution in [2.24, 2.45) is 5.41 Å². The van der Waals surface area contributed by atoms with Gasteiger partial charge < -0.3 is 15.4 Å².